The number of carbonyl (C=O) groups is 1. The third-order valence-electron chi connectivity index (χ3n) is 4.82. The van der Waals surface area contributed by atoms with Crippen molar-refractivity contribution in [2.24, 2.45) is 0 Å². The number of aryl methyl sites for hydroxylation is 3. The van der Waals surface area contributed by atoms with Crippen molar-refractivity contribution in [2.45, 2.75) is 25.7 Å². The van der Waals surface area contributed by atoms with Gasteiger partial charge in [0.1, 0.15) is 5.52 Å². The molecular formula is C23H21N3O4S. The number of sulfonamides is 1. The van der Waals surface area contributed by atoms with Crippen molar-refractivity contribution >= 4 is 38.4 Å². The zero-order chi connectivity index (χ0) is 22.2. The van der Waals surface area contributed by atoms with E-state index >= 15 is 0 Å². The van der Waals surface area contributed by atoms with E-state index in [1.54, 1.807) is 50.2 Å². The summed E-state index contributed by atoms with van der Waals surface area (Å²) >= 11 is 0. The average Bonchev–Trinajstić information content (AvgIpc) is 3.09. The van der Waals surface area contributed by atoms with Crippen molar-refractivity contribution in [3.63, 3.8) is 0 Å². The number of nitrogens with zero attached hydrogens (tertiary/aromatic N) is 1. The second-order valence-corrected chi connectivity index (χ2v) is 9.00. The molecule has 8 heteroatoms. The molecule has 0 atom stereocenters. The lowest BCUT2D eigenvalue weighted by atomic mass is 10.1. The molecular weight excluding hydrogens is 414 g/mol. The van der Waals surface area contributed by atoms with Crippen molar-refractivity contribution in [1.29, 1.82) is 0 Å². The van der Waals surface area contributed by atoms with Crippen LogP contribution in [0.5, 0.6) is 0 Å². The topological polar surface area (TPSA) is 101 Å². The Morgan fingerprint density at radius 2 is 1.61 bits per heavy atom. The highest BCUT2D eigenvalue weighted by Crippen LogP contribution is 2.23. The lowest BCUT2D eigenvalue weighted by molar-refractivity contribution is 0.102. The summed E-state index contributed by atoms with van der Waals surface area (Å²) in [6.45, 7) is 5.42. The number of hydrogen-bond acceptors (Lipinski definition) is 5. The zero-order valence-corrected chi connectivity index (χ0v) is 18.1. The fraction of sp³-hybridized carbons (Fsp3) is 0.130. The van der Waals surface area contributed by atoms with E-state index in [1.807, 2.05) is 19.1 Å². The smallest absolute Gasteiger partial charge is 0.261 e. The van der Waals surface area contributed by atoms with Crippen LogP contribution in [0.1, 0.15) is 27.4 Å². The number of fused-ring (bicyclic) bond motifs is 1. The Balaban J connectivity index is 1.60. The molecule has 0 saturated heterocycles. The number of rotatable bonds is 5. The van der Waals surface area contributed by atoms with E-state index in [2.05, 4.69) is 15.0 Å². The first-order valence-corrected chi connectivity index (χ1v) is 11.1. The average molecular weight is 436 g/mol. The molecule has 0 spiro atoms. The van der Waals surface area contributed by atoms with Crippen LogP contribution >= 0.6 is 0 Å². The Morgan fingerprint density at radius 3 is 2.35 bits per heavy atom. The molecule has 0 saturated carbocycles. The number of hydrogen-bond donors (Lipinski definition) is 2. The predicted molar refractivity (Wildman–Crippen MR) is 120 cm³/mol. The number of oxazole rings is 1. The Morgan fingerprint density at radius 1 is 0.903 bits per heavy atom. The van der Waals surface area contributed by atoms with Crippen LogP contribution in [-0.4, -0.2) is 19.3 Å². The maximum absolute atomic E-state index is 12.9. The van der Waals surface area contributed by atoms with Crippen LogP contribution in [0.2, 0.25) is 0 Å². The highest BCUT2D eigenvalue weighted by atomic mass is 32.2. The van der Waals surface area contributed by atoms with Crippen molar-refractivity contribution in [2.75, 3.05) is 10.0 Å². The van der Waals surface area contributed by atoms with Crippen molar-refractivity contribution in [3.05, 3.63) is 83.2 Å². The van der Waals surface area contributed by atoms with E-state index in [1.165, 1.54) is 12.1 Å². The monoisotopic (exact) mass is 435 g/mol. The van der Waals surface area contributed by atoms with Crippen molar-refractivity contribution < 1.29 is 17.6 Å². The number of benzene rings is 3. The maximum atomic E-state index is 12.9. The van der Waals surface area contributed by atoms with Crippen LogP contribution in [0, 0.1) is 20.8 Å². The summed E-state index contributed by atoms with van der Waals surface area (Å²) in [7, 11) is -3.85. The van der Waals surface area contributed by atoms with Gasteiger partial charge < -0.3 is 9.73 Å². The molecule has 0 aliphatic carbocycles. The Bertz CT molecular complexity index is 1390. The lowest BCUT2D eigenvalue weighted by Crippen LogP contribution is -2.17. The second-order valence-electron chi connectivity index (χ2n) is 7.32. The van der Waals surface area contributed by atoms with E-state index < -0.39 is 15.9 Å². The highest BCUT2D eigenvalue weighted by Gasteiger charge is 2.19. The fourth-order valence-corrected chi connectivity index (χ4v) is 4.25. The fourth-order valence-electron chi connectivity index (χ4n) is 3.17. The first-order chi connectivity index (χ1) is 14.7. The third kappa shape index (κ3) is 4.44. The number of carbonyl (C=O) groups excluding carboxylic acids is 1. The first-order valence-electron chi connectivity index (χ1n) is 9.60. The molecule has 1 heterocycles. The van der Waals surface area contributed by atoms with Crippen LogP contribution in [-0.2, 0) is 10.0 Å². The quantitative estimate of drug-likeness (QED) is 0.469. The lowest BCUT2D eigenvalue weighted by Gasteiger charge is -2.12. The Kier molecular flexibility index (Phi) is 5.24. The van der Waals surface area contributed by atoms with Gasteiger partial charge in [-0.25, -0.2) is 13.4 Å². The van der Waals surface area contributed by atoms with Crippen molar-refractivity contribution in [3.8, 4) is 0 Å². The molecule has 31 heavy (non-hydrogen) atoms. The van der Waals surface area contributed by atoms with Crippen LogP contribution in [0.15, 0.2) is 70.0 Å². The minimum atomic E-state index is -3.85. The zero-order valence-electron chi connectivity index (χ0n) is 17.3. The summed E-state index contributed by atoms with van der Waals surface area (Å²) in [5.74, 6) is 0.123. The van der Waals surface area contributed by atoms with Gasteiger partial charge in [0.25, 0.3) is 15.9 Å². The minimum Gasteiger partial charge on any atom is -0.441 e. The summed E-state index contributed by atoms with van der Waals surface area (Å²) < 4.78 is 33.6. The van der Waals surface area contributed by atoms with E-state index in [9.17, 15) is 13.2 Å². The van der Waals surface area contributed by atoms with Crippen LogP contribution in [0.4, 0.5) is 11.4 Å². The van der Waals surface area contributed by atoms with Gasteiger partial charge in [-0.05, 0) is 61.9 Å². The molecule has 1 aromatic heterocycles. The van der Waals surface area contributed by atoms with Gasteiger partial charge in [0.2, 0.25) is 0 Å². The maximum Gasteiger partial charge on any atom is 0.261 e. The van der Waals surface area contributed by atoms with Crippen LogP contribution < -0.4 is 10.0 Å². The van der Waals surface area contributed by atoms with E-state index in [0.717, 1.165) is 5.56 Å². The first kappa shape index (κ1) is 20.6. The molecule has 4 aromatic rings. The number of amides is 1. The van der Waals surface area contributed by atoms with E-state index in [0.29, 0.717) is 33.9 Å². The van der Waals surface area contributed by atoms with Gasteiger partial charge in [0, 0.05) is 23.9 Å². The van der Waals surface area contributed by atoms with Gasteiger partial charge in [-0.3, -0.25) is 9.52 Å². The van der Waals surface area contributed by atoms with Gasteiger partial charge in [-0.15, -0.1) is 0 Å². The van der Waals surface area contributed by atoms with E-state index in [4.69, 9.17) is 4.42 Å². The molecule has 0 bridgehead atoms. The summed E-state index contributed by atoms with van der Waals surface area (Å²) in [6.07, 6.45) is 0. The summed E-state index contributed by atoms with van der Waals surface area (Å²) in [6, 6.07) is 16.6. The SMILES string of the molecule is Cc1ccc(NS(=O)(=O)c2ccc(C)c(C(=O)Nc3ccc4oc(C)nc4c3)c2)cc1. The molecule has 158 valence electrons. The van der Waals surface area contributed by atoms with Gasteiger partial charge in [0.15, 0.2) is 11.5 Å². The van der Waals surface area contributed by atoms with Gasteiger partial charge in [0.05, 0.1) is 4.90 Å². The molecule has 7 nitrogen and oxygen atoms in total. The molecule has 3 aromatic carbocycles. The third-order valence-corrected chi connectivity index (χ3v) is 6.20. The van der Waals surface area contributed by atoms with Gasteiger partial charge in [-0.2, -0.15) is 0 Å². The Labute approximate surface area is 180 Å². The molecule has 1 amide bonds. The Hall–Kier alpha value is -3.65. The number of nitrogens with one attached hydrogen (secondary N) is 2. The summed E-state index contributed by atoms with van der Waals surface area (Å²) in [5.41, 5.74) is 4.20. The normalized spacial score (nSPS) is 11.5. The van der Waals surface area contributed by atoms with Crippen molar-refractivity contribution in [1.82, 2.24) is 4.98 Å². The molecule has 0 fully saturated rings. The molecule has 0 aliphatic heterocycles. The molecule has 2 N–H and O–H groups in total. The summed E-state index contributed by atoms with van der Waals surface area (Å²) in [5, 5.41) is 2.80. The van der Waals surface area contributed by atoms with Crippen LogP contribution in [0.25, 0.3) is 11.1 Å². The standard InChI is InChI=1S/C23H21N3O4S/c1-14-4-7-17(8-5-14)26-31(28,29)19-10-6-15(2)20(13-19)23(27)25-18-9-11-22-21(12-18)24-16(3)30-22/h4-13,26H,1-3H3,(H,25,27). The van der Waals surface area contributed by atoms with Crippen LogP contribution in [0.3, 0.4) is 0 Å². The van der Waals surface area contributed by atoms with Gasteiger partial charge in [-0.1, -0.05) is 23.8 Å². The largest absolute Gasteiger partial charge is 0.441 e. The molecule has 0 aliphatic rings. The number of aromatic nitrogens is 1. The predicted octanol–water partition coefficient (Wildman–Crippen LogP) is 4.81. The van der Waals surface area contributed by atoms with Gasteiger partial charge >= 0.3 is 0 Å². The second kappa shape index (κ2) is 7.88. The number of anilines is 2. The minimum absolute atomic E-state index is 0.00593. The van der Waals surface area contributed by atoms with E-state index in [-0.39, 0.29) is 10.5 Å². The summed E-state index contributed by atoms with van der Waals surface area (Å²) in [4.78, 5) is 17.1. The molecule has 0 unspecified atom stereocenters. The highest BCUT2D eigenvalue weighted by molar-refractivity contribution is 7.92. The molecule has 4 rings (SSSR count). The molecule has 0 radical (unpaired) electrons.